The molecule has 1 N–H and O–H groups in total. The minimum Gasteiger partial charge on any atom is -0.282 e. The minimum absolute atomic E-state index is 0.604. The van der Waals surface area contributed by atoms with E-state index in [1.165, 1.54) is 5.56 Å². The molecular formula is C20H20N6. The second-order valence-corrected chi connectivity index (χ2v) is 6.50. The van der Waals surface area contributed by atoms with Crippen LogP contribution in [0.3, 0.4) is 0 Å². The summed E-state index contributed by atoms with van der Waals surface area (Å²) in [5, 5.41) is 11.8. The lowest BCUT2D eigenvalue weighted by Crippen LogP contribution is -2.06. The Hall–Kier alpha value is -3.28. The second-order valence-electron chi connectivity index (χ2n) is 6.50. The number of H-pyrrole nitrogens is 1. The van der Waals surface area contributed by atoms with Crippen molar-refractivity contribution in [1.82, 2.24) is 29.9 Å². The molecule has 0 fully saturated rings. The van der Waals surface area contributed by atoms with E-state index in [9.17, 15) is 0 Å². The van der Waals surface area contributed by atoms with Crippen LogP contribution in [0.2, 0.25) is 0 Å². The first-order valence-corrected chi connectivity index (χ1v) is 8.55. The van der Waals surface area contributed by atoms with E-state index in [-0.39, 0.29) is 0 Å². The van der Waals surface area contributed by atoms with E-state index >= 15 is 0 Å². The molecule has 0 aliphatic rings. The zero-order valence-corrected chi connectivity index (χ0v) is 15.1. The summed E-state index contributed by atoms with van der Waals surface area (Å²) in [5.41, 5.74) is 7.22. The van der Waals surface area contributed by atoms with Crippen LogP contribution in [-0.4, -0.2) is 29.9 Å². The van der Waals surface area contributed by atoms with Gasteiger partial charge in [0.25, 0.3) is 5.95 Å². The molecule has 0 radical (unpaired) electrons. The Bertz CT molecular complexity index is 1060. The Kier molecular flexibility index (Phi) is 4.08. The van der Waals surface area contributed by atoms with Gasteiger partial charge in [0.1, 0.15) is 0 Å². The fourth-order valence-electron chi connectivity index (χ4n) is 3.03. The van der Waals surface area contributed by atoms with Crippen molar-refractivity contribution in [2.24, 2.45) is 0 Å². The van der Waals surface area contributed by atoms with Crippen LogP contribution in [-0.2, 0) is 6.42 Å². The number of aromatic nitrogens is 6. The zero-order chi connectivity index (χ0) is 18.1. The van der Waals surface area contributed by atoms with Crippen molar-refractivity contribution in [2.75, 3.05) is 0 Å². The fourth-order valence-corrected chi connectivity index (χ4v) is 3.03. The number of aryl methyl sites for hydroxylation is 3. The zero-order valence-electron chi connectivity index (χ0n) is 15.1. The highest BCUT2D eigenvalue weighted by Crippen LogP contribution is 2.20. The van der Waals surface area contributed by atoms with Crippen LogP contribution in [0.4, 0.5) is 0 Å². The Morgan fingerprint density at radius 3 is 2.65 bits per heavy atom. The summed E-state index contributed by atoms with van der Waals surface area (Å²) < 4.78 is 1.78. The van der Waals surface area contributed by atoms with Gasteiger partial charge in [-0.05, 0) is 50.6 Å². The number of benzene rings is 1. The molecule has 4 rings (SSSR count). The molecule has 6 nitrogen and oxygen atoms in total. The maximum Gasteiger partial charge on any atom is 0.250 e. The highest BCUT2D eigenvalue weighted by Gasteiger charge is 2.09. The number of nitrogens with one attached hydrogen (secondary N) is 1. The lowest BCUT2D eigenvalue weighted by atomic mass is 10.0. The summed E-state index contributed by atoms with van der Waals surface area (Å²) in [7, 11) is 0. The first-order valence-electron chi connectivity index (χ1n) is 8.55. The summed E-state index contributed by atoms with van der Waals surface area (Å²) in [6.45, 7) is 5.97. The summed E-state index contributed by atoms with van der Waals surface area (Å²) in [6.07, 6.45) is 2.51. The van der Waals surface area contributed by atoms with Gasteiger partial charge in [-0.15, -0.1) is 0 Å². The number of hydrogen-bond acceptors (Lipinski definition) is 4. The van der Waals surface area contributed by atoms with Crippen LogP contribution in [0.15, 0.2) is 48.7 Å². The number of nitrogens with zero attached hydrogens (tertiary/aromatic N) is 5. The van der Waals surface area contributed by atoms with Gasteiger partial charge in [0, 0.05) is 29.6 Å². The van der Waals surface area contributed by atoms with Crippen LogP contribution < -0.4 is 0 Å². The number of hydrogen-bond donors (Lipinski definition) is 1. The Morgan fingerprint density at radius 2 is 1.92 bits per heavy atom. The van der Waals surface area contributed by atoms with Gasteiger partial charge in [-0.1, -0.05) is 18.2 Å². The largest absolute Gasteiger partial charge is 0.282 e. The quantitative estimate of drug-likeness (QED) is 0.614. The highest BCUT2D eigenvalue weighted by atomic mass is 15.4. The summed E-state index contributed by atoms with van der Waals surface area (Å²) in [4.78, 5) is 9.06. The Balaban J connectivity index is 1.62. The third-order valence-electron chi connectivity index (χ3n) is 4.21. The first-order chi connectivity index (χ1) is 12.6. The highest BCUT2D eigenvalue weighted by molar-refractivity contribution is 5.60. The third kappa shape index (κ3) is 3.26. The van der Waals surface area contributed by atoms with Gasteiger partial charge in [-0.25, -0.2) is 14.6 Å². The molecule has 0 aliphatic carbocycles. The van der Waals surface area contributed by atoms with Crippen molar-refractivity contribution in [3.63, 3.8) is 0 Å². The lowest BCUT2D eigenvalue weighted by molar-refractivity contribution is 0.764. The molecular weight excluding hydrogens is 324 g/mol. The van der Waals surface area contributed by atoms with Gasteiger partial charge in [0.05, 0.1) is 17.1 Å². The van der Waals surface area contributed by atoms with E-state index in [4.69, 9.17) is 0 Å². The molecule has 0 spiro atoms. The van der Waals surface area contributed by atoms with Crippen molar-refractivity contribution in [3.8, 4) is 17.2 Å². The molecule has 0 amide bonds. The maximum absolute atomic E-state index is 4.69. The summed E-state index contributed by atoms with van der Waals surface area (Å²) >= 11 is 0. The molecule has 0 saturated heterocycles. The molecule has 6 heteroatoms. The van der Waals surface area contributed by atoms with Crippen molar-refractivity contribution in [1.29, 1.82) is 0 Å². The molecule has 4 aromatic rings. The summed E-state index contributed by atoms with van der Waals surface area (Å²) in [6, 6.07) is 14.4. The van der Waals surface area contributed by atoms with Crippen LogP contribution in [0.1, 0.15) is 28.3 Å². The van der Waals surface area contributed by atoms with Gasteiger partial charge in [0.15, 0.2) is 0 Å². The maximum atomic E-state index is 4.69. The van der Waals surface area contributed by atoms with E-state index in [0.29, 0.717) is 5.95 Å². The predicted molar refractivity (Wildman–Crippen MR) is 100 cm³/mol. The molecule has 0 aliphatic heterocycles. The predicted octanol–water partition coefficient (Wildman–Crippen LogP) is 3.57. The SMILES string of the molecule is Cc1cc(C)n(-c2nccc(Cc3cccc(-c4cc(C)[nH]n4)c3)n2)n1. The average molecular weight is 344 g/mol. The monoisotopic (exact) mass is 344 g/mol. The van der Waals surface area contributed by atoms with Gasteiger partial charge < -0.3 is 0 Å². The van der Waals surface area contributed by atoms with Gasteiger partial charge >= 0.3 is 0 Å². The molecule has 0 unspecified atom stereocenters. The van der Waals surface area contributed by atoms with E-state index in [1.54, 1.807) is 10.9 Å². The number of rotatable bonds is 4. The van der Waals surface area contributed by atoms with Gasteiger partial charge in [0.2, 0.25) is 0 Å². The third-order valence-corrected chi connectivity index (χ3v) is 4.21. The van der Waals surface area contributed by atoms with Crippen molar-refractivity contribution < 1.29 is 0 Å². The van der Waals surface area contributed by atoms with Crippen molar-refractivity contribution >= 4 is 0 Å². The second kappa shape index (κ2) is 6.55. The Morgan fingerprint density at radius 1 is 1.04 bits per heavy atom. The molecule has 0 saturated carbocycles. The topological polar surface area (TPSA) is 72.3 Å². The van der Waals surface area contributed by atoms with E-state index in [2.05, 4.69) is 49.5 Å². The Labute approximate surface area is 152 Å². The molecule has 130 valence electrons. The summed E-state index contributed by atoms with van der Waals surface area (Å²) in [5.74, 6) is 0.604. The van der Waals surface area contributed by atoms with Crippen LogP contribution in [0.5, 0.6) is 0 Å². The van der Waals surface area contributed by atoms with Gasteiger partial charge in [-0.2, -0.15) is 10.2 Å². The molecule has 3 aromatic heterocycles. The average Bonchev–Trinajstić information content (AvgIpc) is 3.20. The molecule has 1 aromatic carbocycles. The van der Waals surface area contributed by atoms with Crippen molar-refractivity contribution in [2.45, 2.75) is 27.2 Å². The first kappa shape index (κ1) is 16.2. The number of aromatic amines is 1. The van der Waals surface area contributed by atoms with E-state index < -0.39 is 0 Å². The van der Waals surface area contributed by atoms with E-state index in [0.717, 1.165) is 40.5 Å². The van der Waals surface area contributed by atoms with Crippen molar-refractivity contribution in [3.05, 3.63) is 77.0 Å². The van der Waals surface area contributed by atoms with E-state index in [1.807, 2.05) is 39.0 Å². The fraction of sp³-hybridized carbons (Fsp3) is 0.200. The molecule has 3 heterocycles. The van der Waals surface area contributed by atoms with Crippen LogP contribution in [0.25, 0.3) is 17.2 Å². The molecule has 26 heavy (non-hydrogen) atoms. The van der Waals surface area contributed by atoms with Crippen LogP contribution >= 0.6 is 0 Å². The van der Waals surface area contributed by atoms with Crippen LogP contribution in [0, 0.1) is 20.8 Å². The van der Waals surface area contributed by atoms with Gasteiger partial charge in [-0.3, -0.25) is 5.10 Å². The smallest absolute Gasteiger partial charge is 0.250 e. The normalized spacial score (nSPS) is 11.0. The molecule has 0 atom stereocenters. The standard InChI is InChI=1S/C20H20N6/c1-13-10-19(24-23-13)17-6-4-5-16(11-17)12-18-7-8-21-20(22-18)26-15(3)9-14(2)25-26/h4-11H,12H2,1-3H3,(H,23,24). The minimum atomic E-state index is 0.604. The molecule has 0 bridgehead atoms. The lowest BCUT2D eigenvalue weighted by Gasteiger charge is -2.06.